The average molecular weight is 378 g/mol. The van der Waals surface area contributed by atoms with E-state index < -0.39 is 0 Å². The largest absolute Gasteiger partial charge is 0.491 e. The topological polar surface area (TPSA) is 63.5 Å². The zero-order valence-corrected chi connectivity index (χ0v) is 16.3. The number of nitrogens with one attached hydrogen (secondary N) is 2. The molecule has 3 aromatic rings. The maximum atomic E-state index is 12.2. The van der Waals surface area contributed by atoms with Crippen molar-refractivity contribution in [2.75, 3.05) is 19.7 Å². The lowest BCUT2D eigenvalue weighted by molar-refractivity contribution is -0.120. The fourth-order valence-corrected chi connectivity index (χ4v) is 3.05. The normalized spacial score (nSPS) is 11.8. The number of furan rings is 1. The van der Waals surface area contributed by atoms with Crippen LogP contribution in [-0.2, 0) is 4.79 Å². The Balaban J connectivity index is 1.46. The molecule has 0 spiro atoms. The first-order chi connectivity index (χ1) is 13.6. The maximum absolute atomic E-state index is 12.2. The molecule has 28 heavy (non-hydrogen) atoms. The number of benzene rings is 2. The van der Waals surface area contributed by atoms with Gasteiger partial charge in [0.15, 0.2) is 0 Å². The van der Waals surface area contributed by atoms with Gasteiger partial charge in [0.05, 0.1) is 25.4 Å². The van der Waals surface area contributed by atoms with E-state index in [1.807, 2.05) is 61.5 Å². The first-order valence-electron chi connectivity index (χ1n) is 9.42. The predicted molar refractivity (Wildman–Crippen MR) is 109 cm³/mol. The molecule has 1 aromatic heterocycles. The van der Waals surface area contributed by atoms with Gasteiger partial charge in [0.1, 0.15) is 18.1 Å². The molecule has 0 aliphatic carbocycles. The van der Waals surface area contributed by atoms with Crippen LogP contribution in [0, 0.1) is 13.8 Å². The highest BCUT2D eigenvalue weighted by Gasteiger charge is 2.17. The van der Waals surface area contributed by atoms with E-state index in [1.54, 1.807) is 6.26 Å². The van der Waals surface area contributed by atoms with Crippen molar-refractivity contribution in [2.24, 2.45) is 0 Å². The molecular formula is C23H26N2O3. The summed E-state index contributed by atoms with van der Waals surface area (Å²) in [5, 5.41) is 6.14. The molecule has 0 aliphatic rings. The van der Waals surface area contributed by atoms with Crippen LogP contribution >= 0.6 is 0 Å². The zero-order chi connectivity index (χ0) is 19.8. The second-order valence-electron chi connectivity index (χ2n) is 6.71. The van der Waals surface area contributed by atoms with Gasteiger partial charge in [0.2, 0.25) is 5.91 Å². The van der Waals surface area contributed by atoms with Crippen LogP contribution in [0.4, 0.5) is 0 Å². The van der Waals surface area contributed by atoms with E-state index >= 15 is 0 Å². The van der Waals surface area contributed by atoms with Gasteiger partial charge in [0.25, 0.3) is 0 Å². The third kappa shape index (κ3) is 5.47. The van der Waals surface area contributed by atoms with Crippen molar-refractivity contribution in [3.63, 3.8) is 0 Å². The highest BCUT2D eigenvalue weighted by atomic mass is 16.5. The number of hydrogen-bond acceptors (Lipinski definition) is 4. The first-order valence-corrected chi connectivity index (χ1v) is 9.42. The number of ether oxygens (including phenoxy) is 1. The molecule has 5 nitrogen and oxygen atoms in total. The number of carbonyl (C=O) groups is 1. The summed E-state index contributed by atoms with van der Waals surface area (Å²) in [6, 6.07) is 19.6. The maximum Gasteiger partial charge on any atom is 0.234 e. The van der Waals surface area contributed by atoms with E-state index in [4.69, 9.17) is 9.15 Å². The Morgan fingerprint density at radius 3 is 2.61 bits per heavy atom. The van der Waals surface area contributed by atoms with E-state index in [9.17, 15) is 4.79 Å². The molecule has 3 rings (SSSR count). The van der Waals surface area contributed by atoms with E-state index in [0.717, 1.165) is 22.6 Å². The van der Waals surface area contributed by atoms with Crippen LogP contribution < -0.4 is 15.4 Å². The Kier molecular flexibility index (Phi) is 6.87. The van der Waals surface area contributed by atoms with Crippen LogP contribution in [0.25, 0.3) is 0 Å². The lowest BCUT2D eigenvalue weighted by atomic mass is 10.0. The number of aryl methyl sites for hydroxylation is 2. The number of rotatable bonds is 9. The Morgan fingerprint density at radius 1 is 1.07 bits per heavy atom. The lowest BCUT2D eigenvalue weighted by Crippen LogP contribution is -2.37. The summed E-state index contributed by atoms with van der Waals surface area (Å²) in [4.78, 5) is 12.2. The Hall–Kier alpha value is -3.05. The van der Waals surface area contributed by atoms with Crippen LogP contribution in [-0.4, -0.2) is 25.6 Å². The molecule has 1 atom stereocenters. The summed E-state index contributed by atoms with van der Waals surface area (Å²) in [7, 11) is 0. The van der Waals surface area contributed by atoms with E-state index in [-0.39, 0.29) is 18.5 Å². The summed E-state index contributed by atoms with van der Waals surface area (Å²) >= 11 is 0. The molecule has 0 saturated heterocycles. The lowest BCUT2D eigenvalue weighted by Gasteiger charge is -2.17. The zero-order valence-electron chi connectivity index (χ0n) is 16.3. The molecule has 1 heterocycles. The van der Waals surface area contributed by atoms with Gasteiger partial charge in [-0.25, -0.2) is 0 Å². The summed E-state index contributed by atoms with van der Waals surface area (Å²) in [6.07, 6.45) is 1.64. The molecule has 2 N–H and O–H groups in total. The Labute approximate surface area is 165 Å². The quantitative estimate of drug-likeness (QED) is 0.557. The third-order valence-corrected chi connectivity index (χ3v) is 4.44. The summed E-state index contributed by atoms with van der Waals surface area (Å²) in [6.45, 7) is 5.13. The Bertz CT molecular complexity index is 876. The smallest absolute Gasteiger partial charge is 0.234 e. The molecular weight excluding hydrogens is 352 g/mol. The molecule has 2 aromatic carbocycles. The molecule has 0 fully saturated rings. The van der Waals surface area contributed by atoms with Crippen molar-refractivity contribution in [2.45, 2.75) is 19.9 Å². The van der Waals surface area contributed by atoms with E-state index in [2.05, 4.69) is 23.6 Å². The van der Waals surface area contributed by atoms with Crippen molar-refractivity contribution in [1.29, 1.82) is 0 Å². The number of hydrogen-bond donors (Lipinski definition) is 2. The van der Waals surface area contributed by atoms with Crippen LogP contribution in [0.15, 0.2) is 71.3 Å². The standard InChI is InChI=1S/C23H26N2O3/c1-17-10-11-20(18(2)15-17)28-14-12-24-22(26)16-25-23(21-9-6-13-27-21)19-7-4-3-5-8-19/h3-11,13,15,23,25H,12,14,16H2,1-2H3,(H,24,26)/t23-/m0/s1. The Morgan fingerprint density at radius 2 is 1.89 bits per heavy atom. The average Bonchev–Trinajstić information content (AvgIpc) is 3.22. The van der Waals surface area contributed by atoms with Crippen molar-refractivity contribution in [1.82, 2.24) is 10.6 Å². The highest BCUT2D eigenvalue weighted by molar-refractivity contribution is 5.78. The minimum absolute atomic E-state index is 0.0864. The molecule has 0 radical (unpaired) electrons. The fourth-order valence-electron chi connectivity index (χ4n) is 3.05. The van der Waals surface area contributed by atoms with Crippen LogP contribution in [0.5, 0.6) is 5.75 Å². The van der Waals surface area contributed by atoms with E-state index in [0.29, 0.717) is 13.2 Å². The second-order valence-corrected chi connectivity index (χ2v) is 6.71. The van der Waals surface area contributed by atoms with Crippen molar-refractivity contribution < 1.29 is 13.9 Å². The van der Waals surface area contributed by atoms with Gasteiger partial charge in [-0.3, -0.25) is 10.1 Å². The van der Waals surface area contributed by atoms with Gasteiger partial charge < -0.3 is 14.5 Å². The van der Waals surface area contributed by atoms with Crippen LogP contribution in [0.1, 0.15) is 28.5 Å². The molecule has 146 valence electrons. The molecule has 1 amide bonds. The molecule has 0 saturated carbocycles. The molecule has 0 aliphatic heterocycles. The highest BCUT2D eigenvalue weighted by Crippen LogP contribution is 2.22. The SMILES string of the molecule is Cc1ccc(OCCNC(=O)CN[C@@H](c2ccccc2)c2ccco2)c(C)c1. The number of amides is 1. The van der Waals surface area contributed by atoms with Gasteiger partial charge in [0, 0.05) is 0 Å². The summed E-state index contributed by atoms with van der Waals surface area (Å²) in [5.74, 6) is 1.54. The van der Waals surface area contributed by atoms with Crippen LogP contribution in [0.2, 0.25) is 0 Å². The minimum Gasteiger partial charge on any atom is -0.491 e. The fraction of sp³-hybridized carbons (Fsp3) is 0.261. The monoisotopic (exact) mass is 378 g/mol. The third-order valence-electron chi connectivity index (χ3n) is 4.44. The van der Waals surface area contributed by atoms with Crippen molar-refractivity contribution in [3.8, 4) is 5.75 Å². The van der Waals surface area contributed by atoms with Gasteiger partial charge in [-0.15, -0.1) is 0 Å². The molecule has 0 bridgehead atoms. The summed E-state index contributed by atoms with van der Waals surface area (Å²) in [5.41, 5.74) is 3.34. The van der Waals surface area contributed by atoms with Gasteiger partial charge in [-0.1, -0.05) is 48.0 Å². The molecule has 5 heteroatoms. The van der Waals surface area contributed by atoms with Gasteiger partial charge in [-0.05, 0) is 43.2 Å². The number of carbonyl (C=O) groups excluding carboxylic acids is 1. The van der Waals surface area contributed by atoms with Gasteiger partial charge >= 0.3 is 0 Å². The van der Waals surface area contributed by atoms with Crippen molar-refractivity contribution in [3.05, 3.63) is 89.4 Å². The van der Waals surface area contributed by atoms with Gasteiger partial charge in [-0.2, -0.15) is 0 Å². The first kappa shape index (κ1) is 19.7. The van der Waals surface area contributed by atoms with E-state index in [1.165, 1.54) is 5.56 Å². The van der Waals surface area contributed by atoms with Crippen LogP contribution in [0.3, 0.4) is 0 Å². The minimum atomic E-state index is -0.173. The van der Waals surface area contributed by atoms with Crippen molar-refractivity contribution >= 4 is 5.91 Å². The second kappa shape index (κ2) is 9.76. The summed E-state index contributed by atoms with van der Waals surface area (Å²) < 4.78 is 11.3. The molecule has 0 unspecified atom stereocenters. The predicted octanol–water partition coefficient (Wildman–Crippen LogP) is 3.77.